The van der Waals surface area contributed by atoms with E-state index in [9.17, 15) is 4.79 Å². The number of amides is 1. The molecule has 1 aliphatic carbocycles. The van der Waals surface area contributed by atoms with E-state index in [1.807, 2.05) is 6.20 Å². The lowest BCUT2D eigenvalue weighted by atomic mass is 9.89. The fraction of sp³-hybridized carbons (Fsp3) is 0.750. The molecule has 0 spiro atoms. The lowest BCUT2D eigenvalue weighted by Gasteiger charge is -2.36. The van der Waals surface area contributed by atoms with Gasteiger partial charge in [-0.2, -0.15) is 0 Å². The molecule has 1 aromatic heterocycles. The topological polar surface area (TPSA) is 67.4 Å². The van der Waals surface area contributed by atoms with Gasteiger partial charge in [-0.25, -0.2) is 9.97 Å². The summed E-state index contributed by atoms with van der Waals surface area (Å²) >= 11 is 0. The lowest BCUT2D eigenvalue weighted by Crippen LogP contribution is -2.46. The number of hydrogen-bond acceptors (Lipinski definition) is 5. The Morgan fingerprint density at radius 2 is 2.00 bits per heavy atom. The average Bonchev–Trinajstić information content (AvgIpc) is 2.52. The molecule has 0 radical (unpaired) electrons. The zero-order valence-electron chi connectivity index (χ0n) is 16.7. The van der Waals surface area contributed by atoms with Gasteiger partial charge in [0, 0.05) is 31.3 Å². The van der Waals surface area contributed by atoms with Crippen molar-refractivity contribution in [2.24, 2.45) is 5.41 Å². The molecule has 6 nitrogen and oxygen atoms in total. The van der Waals surface area contributed by atoms with Crippen molar-refractivity contribution in [3.8, 4) is 0 Å². The fourth-order valence-electron chi connectivity index (χ4n) is 3.91. The molecule has 2 heterocycles. The number of hydrogen-bond donors (Lipinski definition) is 1. The SMILES string of the molecule is C[C@@H]1CN(c2ncc3c(n2)CCC[C@@H]3NC(=O)CC(C)(C)C)C[C@H](C)O1. The number of anilines is 1. The highest BCUT2D eigenvalue weighted by atomic mass is 16.5. The molecule has 26 heavy (non-hydrogen) atoms. The number of nitrogens with zero attached hydrogens (tertiary/aromatic N) is 3. The Balaban J connectivity index is 1.74. The predicted molar refractivity (Wildman–Crippen MR) is 102 cm³/mol. The molecule has 2 aliphatic rings. The highest BCUT2D eigenvalue weighted by molar-refractivity contribution is 5.77. The molecule has 0 aromatic carbocycles. The third-order valence-corrected chi connectivity index (χ3v) is 4.90. The van der Waals surface area contributed by atoms with Crippen LogP contribution >= 0.6 is 0 Å². The smallest absolute Gasteiger partial charge is 0.225 e. The first kappa shape index (κ1) is 19.1. The highest BCUT2D eigenvalue weighted by Gasteiger charge is 2.28. The van der Waals surface area contributed by atoms with E-state index in [2.05, 4.69) is 49.8 Å². The normalized spacial score (nSPS) is 26.3. The summed E-state index contributed by atoms with van der Waals surface area (Å²) in [6.45, 7) is 12.1. The van der Waals surface area contributed by atoms with Crippen molar-refractivity contribution in [2.45, 2.75) is 78.6 Å². The van der Waals surface area contributed by atoms with E-state index in [4.69, 9.17) is 9.72 Å². The van der Waals surface area contributed by atoms with E-state index in [-0.39, 0.29) is 29.6 Å². The van der Waals surface area contributed by atoms with Gasteiger partial charge in [-0.05, 0) is 38.5 Å². The van der Waals surface area contributed by atoms with Crippen LogP contribution in [0.25, 0.3) is 0 Å². The minimum atomic E-state index is -0.00828. The second-order valence-electron chi connectivity index (χ2n) is 8.98. The quantitative estimate of drug-likeness (QED) is 0.897. The second kappa shape index (κ2) is 7.51. The number of nitrogens with one attached hydrogen (secondary N) is 1. The number of ether oxygens (including phenoxy) is 1. The maximum Gasteiger partial charge on any atom is 0.225 e. The van der Waals surface area contributed by atoms with Gasteiger partial charge < -0.3 is 15.0 Å². The zero-order chi connectivity index (χ0) is 18.9. The number of carbonyl (C=O) groups excluding carboxylic acids is 1. The molecule has 0 unspecified atom stereocenters. The van der Waals surface area contributed by atoms with Gasteiger partial charge in [0.1, 0.15) is 0 Å². The summed E-state index contributed by atoms with van der Waals surface area (Å²) in [4.78, 5) is 24.0. The molecule has 1 amide bonds. The molecule has 6 heteroatoms. The van der Waals surface area contributed by atoms with Crippen LogP contribution in [0, 0.1) is 5.41 Å². The van der Waals surface area contributed by atoms with Crippen LogP contribution in [0.1, 0.15) is 71.2 Å². The molecule has 1 fully saturated rings. The maximum absolute atomic E-state index is 12.3. The maximum atomic E-state index is 12.3. The molecular weight excluding hydrogens is 328 g/mol. The summed E-state index contributed by atoms with van der Waals surface area (Å²) in [5.74, 6) is 0.891. The first-order chi connectivity index (χ1) is 12.2. The number of rotatable bonds is 3. The number of aromatic nitrogens is 2. The summed E-state index contributed by atoms with van der Waals surface area (Å²) in [7, 11) is 0. The Morgan fingerprint density at radius 1 is 1.31 bits per heavy atom. The third kappa shape index (κ3) is 4.72. The van der Waals surface area contributed by atoms with Gasteiger partial charge in [-0.1, -0.05) is 20.8 Å². The fourth-order valence-corrected chi connectivity index (χ4v) is 3.91. The first-order valence-electron chi connectivity index (χ1n) is 9.77. The van der Waals surface area contributed by atoms with Gasteiger partial charge >= 0.3 is 0 Å². The van der Waals surface area contributed by atoms with Crippen molar-refractivity contribution < 1.29 is 9.53 Å². The van der Waals surface area contributed by atoms with Crippen LogP contribution in [0.2, 0.25) is 0 Å². The van der Waals surface area contributed by atoms with E-state index >= 15 is 0 Å². The number of aryl methyl sites for hydroxylation is 1. The van der Waals surface area contributed by atoms with Crippen molar-refractivity contribution in [1.82, 2.24) is 15.3 Å². The van der Waals surface area contributed by atoms with Gasteiger partial charge in [0.05, 0.1) is 23.9 Å². The Bertz CT molecular complexity index is 646. The number of fused-ring (bicyclic) bond motifs is 1. The van der Waals surface area contributed by atoms with Crippen LogP contribution in [0.5, 0.6) is 0 Å². The van der Waals surface area contributed by atoms with Crippen LogP contribution in [0.3, 0.4) is 0 Å². The van der Waals surface area contributed by atoms with E-state index in [1.54, 1.807) is 0 Å². The average molecular weight is 361 g/mol. The minimum Gasteiger partial charge on any atom is -0.372 e. The van der Waals surface area contributed by atoms with Crippen LogP contribution in [0.15, 0.2) is 6.20 Å². The van der Waals surface area contributed by atoms with Crippen molar-refractivity contribution in [2.75, 3.05) is 18.0 Å². The second-order valence-corrected chi connectivity index (χ2v) is 8.98. The lowest BCUT2D eigenvalue weighted by molar-refractivity contribution is -0.123. The Labute approximate surface area is 156 Å². The highest BCUT2D eigenvalue weighted by Crippen LogP contribution is 2.30. The summed E-state index contributed by atoms with van der Waals surface area (Å²) < 4.78 is 5.81. The van der Waals surface area contributed by atoms with Gasteiger partial charge in [0.2, 0.25) is 11.9 Å². The molecule has 1 aromatic rings. The zero-order valence-corrected chi connectivity index (χ0v) is 16.7. The van der Waals surface area contributed by atoms with Crippen molar-refractivity contribution in [1.29, 1.82) is 0 Å². The summed E-state index contributed by atoms with van der Waals surface area (Å²) in [6.07, 6.45) is 5.76. The van der Waals surface area contributed by atoms with Gasteiger partial charge in [0.25, 0.3) is 0 Å². The molecule has 144 valence electrons. The van der Waals surface area contributed by atoms with Gasteiger partial charge in [0.15, 0.2) is 0 Å². The van der Waals surface area contributed by atoms with Crippen molar-refractivity contribution in [3.63, 3.8) is 0 Å². The number of carbonyl (C=O) groups is 1. The largest absolute Gasteiger partial charge is 0.372 e. The monoisotopic (exact) mass is 360 g/mol. The molecule has 0 bridgehead atoms. The molecule has 1 N–H and O–H groups in total. The van der Waals surface area contributed by atoms with Crippen LogP contribution in [-0.2, 0) is 16.0 Å². The van der Waals surface area contributed by atoms with E-state index in [1.165, 1.54) is 0 Å². The number of morpholine rings is 1. The Hall–Kier alpha value is -1.69. The van der Waals surface area contributed by atoms with Crippen molar-refractivity contribution >= 4 is 11.9 Å². The predicted octanol–water partition coefficient (Wildman–Crippen LogP) is 3.02. The van der Waals surface area contributed by atoms with Crippen molar-refractivity contribution in [3.05, 3.63) is 17.5 Å². The van der Waals surface area contributed by atoms with Crippen LogP contribution < -0.4 is 10.2 Å². The summed E-state index contributed by atoms with van der Waals surface area (Å²) in [5, 5.41) is 3.19. The molecule has 1 saturated heterocycles. The molecule has 3 atom stereocenters. The van der Waals surface area contributed by atoms with Gasteiger partial charge in [-0.3, -0.25) is 4.79 Å². The van der Waals surface area contributed by atoms with E-state index in [0.29, 0.717) is 6.42 Å². The minimum absolute atomic E-state index is 0.00828. The molecule has 3 rings (SSSR count). The first-order valence-corrected chi connectivity index (χ1v) is 9.77. The molecular formula is C20H32N4O2. The summed E-state index contributed by atoms with van der Waals surface area (Å²) in [5.41, 5.74) is 2.15. The molecule has 1 aliphatic heterocycles. The Morgan fingerprint density at radius 3 is 2.65 bits per heavy atom. The van der Waals surface area contributed by atoms with Gasteiger partial charge in [-0.15, -0.1) is 0 Å². The van der Waals surface area contributed by atoms with E-state index < -0.39 is 0 Å². The third-order valence-electron chi connectivity index (χ3n) is 4.90. The standard InChI is InChI=1S/C20H32N4O2/c1-13-11-24(12-14(2)26-13)19-21-10-15-16(7-6-8-17(15)23-19)22-18(25)9-20(3,4)5/h10,13-14,16H,6-9,11-12H2,1-5H3,(H,22,25)/t13-,14+,16-/m0/s1. The molecule has 0 saturated carbocycles. The van der Waals surface area contributed by atoms with E-state index in [0.717, 1.165) is 49.6 Å². The Kier molecular flexibility index (Phi) is 5.51. The van der Waals surface area contributed by atoms with Crippen LogP contribution in [0.4, 0.5) is 5.95 Å². The summed E-state index contributed by atoms with van der Waals surface area (Å²) in [6, 6.07) is 0.0326. The van der Waals surface area contributed by atoms with Crippen LogP contribution in [-0.4, -0.2) is 41.2 Å².